The van der Waals surface area contributed by atoms with Crippen LogP contribution in [0.25, 0.3) is 21.3 Å². The first-order valence-electron chi connectivity index (χ1n) is 9.51. The summed E-state index contributed by atoms with van der Waals surface area (Å²) in [6, 6.07) is 9.26. The maximum Gasteiger partial charge on any atom is 0.248 e. The van der Waals surface area contributed by atoms with E-state index in [9.17, 15) is 4.79 Å². The van der Waals surface area contributed by atoms with Gasteiger partial charge in [0.05, 0.1) is 22.0 Å². The molecule has 4 rings (SSSR count). The number of benzene rings is 2. The van der Waals surface area contributed by atoms with Crippen molar-refractivity contribution in [1.29, 1.82) is 0 Å². The van der Waals surface area contributed by atoms with Crippen LogP contribution in [0, 0.1) is 6.92 Å². The SMILES string of the molecule is CCn1c(C)nc2c3nc(Nc4cc(C(N)=O)ccc4OC(C)C)sc3ccc21. The van der Waals surface area contributed by atoms with Crippen LogP contribution in [0.2, 0.25) is 0 Å². The molecule has 0 fully saturated rings. The molecule has 0 bridgehead atoms. The molecular weight excluding hydrogens is 386 g/mol. The number of primary amides is 1. The molecule has 150 valence electrons. The van der Waals surface area contributed by atoms with Crippen LogP contribution >= 0.6 is 11.3 Å². The number of hydrogen-bond donors (Lipinski definition) is 2. The highest BCUT2D eigenvalue weighted by Crippen LogP contribution is 2.36. The van der Waals surface area contributed by atoms with Crippen LogP contribution in [0.1, 0.15) is 37.0 Å². The Morgan fingerprint density at radius 2 is 2.03 bits per heavy atom. The van der Waals surface area contributed by atoms with Crippen LogP contribution in [-0.2, 0) is 6.54 Å². The number of nitrogens with one attached hydrogen (secondary N) is 1. The van der Waals surface area contributed by atoms with Gasteiger partial charge in [0.1, 0.15) is 22.6 Å². The number of fused-ring (bicyclic) bond motifs is 3. The number of amides is 1. The van der Waals surface area contributed by atoms with Crippen molar-refractivity contribution >= 4 is 49.3 Å². The number of nitrogens with two attached hydrogens (primary N) is 1. The topological polar surface area (TPSA) is 95.1 Å². The number of anilines is 2. The lowest BCUT2D eigenvalue weighted by Crippen LogP contribution is -2.12. The molecule has 3 N–H and O–H groups in total. The predicted molar refractivity (Wildman–Crippen MR) is 117 cm³/mol. The van der Waals surface area contributed by atoms with Crippen molar-refractivity contribution in [3.63, 3.8) is 0 Å². The monoisotopic (exact) mass is 409 g/mol. The maximum absolute atomic E-state index is 11.6. The number of carbonyl (C=O) groups excluding carboxylic acids is 1. The molecule has 0 atom stereocenters. The van der Waals surface area contributed by atoms with Crippen LogP contribution < -0.4 is 15.8 Å². The minimum atomic E-state index is -0.490. The van der Waals surface area contributed by atoms with Gasteiger partial charge in [-0.1, -0.05) is 11.3 Å². The number of aryl methyl sites for hydroxylation is 2. The van der Waals surface area contributed by atoms with Gasteiger partial charge in [0.25, 0.3) is 0 Å². The number of rotatable bonds is 6. The highest BCUT2D eigenvalue weighted by atomic mass is 32.1. The first kappa shape index (κ1) is 19.2. The highest BCUT2D eigenvalue weighted by Gasteiger charge is 2.16. The fourth-order valence-electron chi connectivity index (χ4n) is 3.40. The van der Waals surface area contributed by atoms with Gasteiger partial charge >= 0.3 is 0 Å². The Labute approximate surface area is 172 Å². The average molecular weight is 410 g/mol. The average Bonchev–Trinajstić information content (AvgIpc) is 3.21. The lowest BCUT2D eigenvalue weighted by Gasteiger charge is -2.15. The molecule has 2 aromatic carbocycles. The van der Waals surface area contributed by atoms with E-state index in [-0.39, 0.29) is 6.10 Å². The molecule has 2 aromatic heterocycles. The van der Waals surface area contributed by atoms with E-state index in [1.807, 2.05) is 20.8 Å². The molecule has 0 aliphatic heterocycles. The Morgan fingerprint density at radius 3 is 2.72 bits per heavy atom. The maximum atomic E-state index is 11.6. The summed E-state index contributed by atoms with van der Waals surface area (Å²) in [7, 11) is 0. The Kier molecular flexibility index (Phi) is 4.87. The first-order valence-corrected chi connectivity index (χ1v) is 10.3. The molecule has 0 spiro atoms. The summed E-state index contributed by atoms with van der Waals surface area (Å²) in [5.41, 5.74) is 9.35. The summed E-state index contributed by atoms with van der Waals surface area (Å²) in [5.74, 6) is 1.12. The molecular formula is C21H23N5O2S. The van der Waals surface area contributed by atoms with Gasteiger partial charge in [-0.25, -0.2) is 9.97 Å². The second-order valence-corrected chi connectivity index (χ2v) is 8.10. The normalized spacial score (nSPS) is 11.5. The van der Waals surface area contributed by atoms with E-state index in [1.165, 1.54) is 11.3 Å². The van der Waals surface area contributed by atoms with Crippen molar-refractivity contribution < 1.29 is 9.53 Å². The van der Waals surface area contributed by atoms with Crippen LogP contribution in [-0.4, -0.2) is 26.5 Å². The van der Waals surface area contributed by atoms with Gasteiger partial charge in [-0.3, -0.25) is 4.79 Å². The zero-order valence-electron chi connectivity index (χ0n) is 16.8. The molecule has 1 amide bonds. The number of aromatic nitrogens is 3. The third kappa shape index (κ3) is 3.51. The lowest BCUT2D eigenvalue weighted by atomic mass is 10.1. The Hall–Kier alpha value is -3.13. The molecule has 0 aliphatic carbocycles. The number of ether oxygens (including phenoxy) is 1. The molecule has 0 saturated heterocycles. The summed E-state index contributed by atoms with van der Waals surface area (Å²) >= 11 is 1.53. The van der Waals surface area contributed by atoms with E-state index in [4.69, 9.17) is 20.4 Å². The largest absolute Gasteiger partial charge is 0.489 e. The zero-order chi connectivity index (χ0) is 20.7. The summed E-state index contributed by atoms with van der Waals surface area (Å²) in [5, 5.41) is 4.00. The third-order valence-corrected chi connectivity index (χ3v) is 5.59. The standard InChI is InChI=1S/C21H23N5O2S/c1-5-26-12(4)23-18-15(26)7-9-17-19(18)25-21(29-17)24-14-10-13(20(22)27)6-8-16(14)28-11(2)3/h6-11H,5H2,1-4H3,(H2,22,27)(H,24,25). The van der Waals surface area contributed by atoms with Crippen molar-refractivity contribution in [2.24, 2.45) is 5.73 Å². The van der Waals surface area contributed by atoms with Gasteiger partial charge in [-0.15, -0.1) is 0 Å². The van der Waals surface area contributed by atoms with Gasteiger partial charge in [-0.05, 0) is 58.0 Å². The Morgan fingerprint density at radius 1 is 1.24 bits per heavy atom. The van der Waals surface area contributed by atoms with E-state index < -0.39 is 5.91 Å². The molecule has 8 heteroatoms. The van der Waals surface area contributed by atoms with Crippen molar-refractivity contribution in [2.45, 2.75) is 40.3 Å². The fourth-order valence-corrected chi connectivity index (χ4v) is 4.28. The molecule has 0 radical (unpaired) electrons. The fraction of sp³-hybridized carbons (Fsp3) is 0.286. The quantitative estimate of drug-likeness (QED) is 0.485. The Balaban J connectivity index is 1.79. The van der Waals surface area contributed by atoms with Crippen molar-refractivity contribution in [3.8, 4) is 5.75 Å². The zero-order valence-corrected chi connectivity index (χ0v) is 17.6. The molecule has 29 heavy (non-hydrogen) atoms. The molecule has 0 aliphatic rings. The van der Waals surface area contributed by atoms with Gasteiger partial charge in [0.2, 0.25) is 5.91 Å². The molecule has 4 aromatic rings. The van der Waals surface area contributed by atoms with Gasteiger partial charge in [0, 0.05) is 12.1 Å². The van der Waals surface area contributed by atoms with Gasteiger partial charge < -0.3 is 20.4 Å². The number of nitrogens with zero attached hydrogens (tertiary/aromatic N) is 3. The third-order valence-electron chi connectivity index (χ3n) is 4.65. The summed E-state index contributed by atoms with van der Waals surface area (Å²) in [4.78, 5) is 21.1. The predicted octanol–water partition coefficient (Wildman–Crippen LogP) is 4.60. The minimum absolute atomic E-state index is 0.00838. The number of imidazole rings is 1. The number of carbonyl (C=O) groups is 1. The highest BCUT2D eigenvalue weighted by molar-refractivity contribution is 7.22. The summed E-state index contributed by atoms with van der Waals surface area (Å²) in [6.07, 6.45) is -0.00838. The van der Waals surface area contributed by atoms with Crippen molar-refractivity contribution in [1.82, 2.24) is 14.5 Å². The summed E-state index contributed by atoms with van der Waals surface area (Å²) < 4.78 is 9.09. The summed E-state index contributed by atoms with van der Waals surface area (Å²) in [6.45, 7) is 8.87. The van der Waals surface area contributed by atoms with Crippen LogP contribution in [0.15, 0.2) is 30.3 Å². The second kappa shape index (κ2) is 7.36. The van der Waals surface area contributed by atoms with Crippen molar-refractivity contribution in [2.75, 3.05) is 5.32 Å². The first-order chi connectivity index (χ1) is 13.9. The van der Waals surface area contributed by atoms with E-state index in [2.05, 4.69) is 28.9 Å². The van der Waals surface area contributed by atoms with Gasteiger partial charge in [0.15, 0.2) is 5.13 Å². The van der Waals surface area contributed by atoms with Crippen LogP contribution in [0.4, 0.5) is 10.8 Å². The van der Waals surface area contributed by atoms with E-state index >= 15 is 0 Å². The number of hydrogen-bond acceptors (Lipinski definition) is 6. The van der Waals surface area contributed by atoms with E-state index in [1.54, 1.807) is 18.2 Å². The Bertz CT molecular complexity index is 1220. The lowest BCUT2D eigenvalue weighted by molar-refractivity contribution is 0.100. The molecule has 2 heterocycles. The molecule has 0 saturated carbocycles. The van der Waals surface area contributed by atoms with Crippen molar-refractivity contribution in [3.05, 3.63) is 41.7 Å². The van der Waals surface area contributed by atoms with Crippen LogP contribution in [0.5, 0.6) is 5.75 Å². The molecule has 7 nitrogen and oxygen atoms in total. The number of thiazole rings is 1. The minimum Gasteiger partial charge on any atom is -0.489 e. The second-order valence-electron chi connectivity index (χ2n) is 7.07. The smallest absolute Gasteiger partial charge is 0.248 e. The van der Waals surface area contributed by atoms with Crippen LogP contribution in [0.3, 0.4) is 0 Å². The van der Waals surface area contributed by atoms with Gasteiger partial charge in [-0.2, -0.15) is 0 Å². The van der Waals surface area contributed by atoms with E-state index in [0.29, 0.717) is 22.1 Å². The van der Waals surface area contributed by atoms with E-state index in [0.717, 1.165) is 33.6 Å². The molecule has 0 unspecified atom stereocenters.